The number of methoxy groups -OCH3 is 1. The zero-order valence-corrected chi connectivity index (χ0v) is 15.6. The third-order valence-corrected chi connectivity index (χ3v) is 4.87. The topological polar surface area (TPSA) is 52.3 Å². The Morgan fingerprint density at radius 3 is 2.46 bits per heavy atom. The summed E-state index contributed by atoms with van der Waals surface area (Å²) in [5.74, 6) is 2.10. The SMILES string of the molecule is COc1ccc(-c2cc(-c3cccc4ccccc34)n3nc(C)nc3n2)cc1. The molecule has 0 atom stereocenters. The third-order valence-electron chi connectivity index (χ3n) is 4.87. The predicted octanol–water partition coefficient (Wildman–Crippen LogP) is 4.93. The maximum absolute atomic E-state index is 5.27. The quantitative estimate of drug-likeness (QED) is 0.454. The lowest BCUT2D eigenvalue weighted by atomic mass is 10.0. The number of aryl methyl sites for hydroxylation is 1. The van der Waals surface area contributed by atoms with Crippen LogP contribution in [-0.4, -0.2) is 26.7 Å². The van der Waals surface area contributed by atoms with Crippen LogP contribution in [0.5, 0.6) is 5.75 Å². The smallest absolute Gasteiger partial charge is 0.253 e. The standard InChI is InChI=1S/C23H18N4O/c1-15-24-23-25-21(17-10-12-18(28-2)13-11-17)14-22(27(23)26-15)20-9-5-7-16-6-3-4-8-19(16)20/h3-14H,1-2H3. The lowest BCUT2D eigenvalue weighted by molar-refractivity contribution is 0.415. The summed E-state index contributed by atoms with van der Waals surface area (Å²) in [5, 5.41) is 6.94. The maximum Gasteiger partial charge on any atom is 0.253 e. The van der Waals surface area contributed by atoms with Crippen LogP contribution >= 0.6 is 0 Å². The number of hydrogen-bond acceptors (Lipinski definition) is 4. The normalized spacial score (nSPS) is 11.2. The fraction of sp³-hybridized carbons (Fsp3) is 0.0870. The lowest BCUT2D eigenvalue weighted by Crippen LogP contribution is -1.99. The van der Waals surface area contributed by atoms with E-state index >= 15 is 0 Å². The van der Waals surface area contributed by atoms with Gasteiger partial charge < -0.3 is 4.74 Å². The number of fused-ring (bicyclic) bond motifs is 2. The van der Waals surface area contributed by atoms with E-state index in [9.17, 15) is 0 Å². The summed E-state index contributed by atoms with van der Waals surface area (Å²) >= 11 is 0. The zero-order chi connectivity index (χ0) is 19.1. The van der Waals surface area contributed by atoms with Crippen LogP contribution in [0.25, 0.3) is 39.1 Å². The second-order valence-corrected chi connectivity index (χ2v) is 6.65. The lowest BCUT2D eigenvalue weighted by Gasteiger charge is -2.11. The van der Waals surface area contributed by atoms with Crippen LogP contribution in [0.15, 0.2) is 72.8 Å². The number of rotatable bonds is 3. The summed E-state index contributed by atoms with van der Waals surface area (Å²) < 4.78 is 7.10. The Kier molecular flexibility index (Phi) is 3.79. The van der Waals surface area contributed by atoms with Crippen LogP contribution in [0.3, 0.4) is 0 Å². The largest absolute Gasteiger partial charge is 0.497 e. The second kappa shape index (κ2) is 6.46. The summed E-state index contributed by atoms with van der Waals surface area (Å²) in [7, 11) is 1.66. The van der Waals surface area contributed by atoms with Gasteiger partial charge in [-0.2, -0.15) is 9.50 Å². The molecule has 5 heteroatoms. The van der Waals surface area contributed by atoms with Crippen molar-refractivity contribution in [2.75, 3.05) is 7.11 Å². The van der Waals surface area contributed by atoms with Crippen molar-refractivity contribution in [1.82, 2.24) is 19.6 Å². The van der Waals surface area contributed by atoms with E-state index in [1.807, 2.05) is 35.7 Å². The van der Waals surface area contributed by atoms with Gasteiger partial charge in [0.05, 0.1) is 18.5 Å². The number of aromatic nitrogens is 4. The van der Waals surface area contributed by atoms with Gasteiger partial charge in [-0.1, -0.05) is 42.5 Å². The van der Waals surface area contributed by atoms with Crippen molar-refractivity contribution in [1.29, 1.82) is 0 Å². The highest BCUT2D eigenvalue weighted by molar-refractivity contribution is 5.96. The first kappa shape index (κ1) is 16.4. The molecule has 0 fully saturated rings. The molecule has 0 aliphatic rings. The molecule has 0 saturated heterocycles. The van der Waals surface area contributed by atoms with E-state index < -0.39 is 0 Å². The number of hydrogen-bond donors (Lipinski definition) is 0. The molecular formula is C23H18N4O. The van der Waals surface area contributed by atoms with E-state index in [-0.39, 0.29) is 0 Å². The Morgan fingerprint density at radius 1 is 0.857 bits per heavy atom. The summed E-state index contributed by atoms with van der Waals surface area (Å²) in [4.78, 5) is 9.25. The van der Waals surface area contributed by atoms with Crippen LogP contribution in [-0.2, 0) is 0 Å². The molecule has 2 heterocycles. The van der Waals surface area contributed by atoms with Crippen molar-refractivity contribution in [3.05, 3.63) is 78.6 Å². The highest BCUT2D eigenvalue weighted by Gasteiger charge is 2.14. The van der Waals surface area contributed by atoms with Crippen molar-refractivity contribution >= 4 is 16.6 Å². The molecule has 0 amide bonds. The summed E-state index contributed by atoms with van der Waals surface area (Å²) in [6, 6.07) is 24.6. The van der Waals surface area contributed by atoms with Crippen molar-refractivity contribution in [3.63, 3.8) is 0 Å². The first-order valence-corrected chi connectivity index (χ1v) is 9.10. The van der Waals surface area contributed by atoms with Crippen molar-refractivity contribution in [2.24, 2.45) is 0 Å². The van der Waals surface area contributed by atoms with Crippen molar-refractivity contribution in [2.45, 2.75) is 6.92 Å². The first-order chi connectivity index (χ1) is 13.7. The van der Waals surface area contributed by atoms with Gasteiger partial charge in [0, 0.05) is 11.1 Å². The highest BCUT2D eigenvalue weighted by Crippen LogP contribution is 2.31. The molecule has 0 unspecified atom stereocenters. The van der Waals surface area contributed by atoms with Gasteiger partial charge in [0.1, 0.15) is 11.6 Å². The van der Waals surface area contributed by atoms with Crippen LogP contribution in [0.2, 0.25) is 0 Å². The molecule has 2 aromatic heterocycles. The molecule has 0 aliphatic heterocycles. The Balaban J connectivity index is 1.79. The molecule has 3 aromatic carbocycles. The van der Waals surface area contributed by atoms with E-state index in [1.54, 1.807) is 7.11 Å². The van der Waals surface area contributed by atoms with Crippen molar-refractivity contribution in [3.8, 4) is 28.3 Å². The molecule has 0 aliphatic carbocycles. The van der Waals surface area contributed by atoms with Gasteiger partial charge >= 0.3 is 0 Å². The third kappa shape index (κ3) is 2.68. The van der Waals surface area contributed by atoms with E-state index in [4.69, 9.17) is 9.72 Å². The highest BCUT2D eigenvalue weighted by atomic mass is 16.5. The Hall–Kier alpha value is -3.73. The van der Waals surface area contributed by atoms with Gasteiger partial charge in [0.15, 0.2) is 0 Å². The van der Waals surface area contributed by atoms with Crippen LogP contribution in [0, 0.1) is 6.92 Å². The fourth-order valence-electron chi connectivity index (χ4n) is 3.52. The predicted molar refractivity (Wildman–Crippen MR) is 110 cm³/mol. The number of ether oxygens (including phenoxy) is 1. The molecule has 0 bridgehead atoms. The zero-order valence-electron chi connectivity index (χ0n) is 15.6. The average Bonchev–Trinajstić information content (AvgIpc) is 3.13. The monoisotopic (exact) mass is 366 g/mol. The maximum atomic E-state index is 5.27. The van der Waals surface area contributed by atoms with Gasteiger partial charge in [-0.15, -0.1) is 5.10 Å². The van der Waals surface area contributed by atoms with Crippen LogP contribution < -0.4 is 4.74 Å². The fourth-order valence-corrected chi connectivity index (χ4v) is 3.52. The number of benzene rings is 3. The van der Waals surface area contributed by atoms with Gasteiger partial charge in [0.25, 0.3) is 5.78 Å². The van der Waals surface area contributed by atoms with Crippen LogP contribution in [0.1, 0.15) is 5.82 Å². The van der Waals surface area contributed by atoms with Crippen LogP contribution in [0.4, 0.5) is 0 Å². The first-order valence-electron chi connectivity index (χ1n) is 9.10. The minimum Gasteiger partial charge on any atom is -0.497 e. The summed E-state index contributed by atoms with van der Waals surface area (Å²) in [5.41, 5.74) is 3.93. The average molecular weight is 366 g/mol. The Morgan fingerprint density at radius 2 is 1.64 bits per heavy atom. The molecule has 0 saturated carbocycles. The summed E-state index contributed by atoms with van der Waals surface area (Å²) in [6.45, 7) is 1.88. The van der Waals surface area contributed by atoms with Gasteiger partial charge in [-0.05, 0) is 48.0 Å². The van der Waals surface area contributed by atoms with Gasteiger partial charge in [0.2, 0.25) is 0 Å². The molecule has 5 rings (SSSR count). The Bertz CT molecular complexity index is 1300. The molecular weight excluding hydrogens is 348 g/mol. The minimum absolute atomic E-state index is 0.591. The van der Waals surface area contributed by atoms with Gasteiger partial charge in [-0.25, -0.2) is 4.98 Å². The molecule has 0 N–H and O–H groups in total. The minimum atomic E-state index is 0.591. The molecule has 0 spiro atoms. The molecule has 136 valence electrons. The van der Waals surface area contributed by atoms with E-state index in [2.05, 4.69) is 58.6 Å². The van der Waals surface area contributed by atoms with Gasteiger partial charge in [-0.3, -0.25) is 0 Å². The Labute approximate surface area is 162 Å². The van der Waals surface area contributed by atoms with E-state index in [0.717, 1.165) is 28.3 Å². The summed E-state index contributed by atoms with van der Waals surface area (Å²) in [6.07, 6.45) is 0. The molecule has 28 heavy (non-hydrogen) atoms. The van der Waals surface area contributed by atoms with Crippen molar-refractivity contribution < 1.29 is 4.74 Å². The molecule has 5 nitrogen and oxygen atoms in total. The van der Waals surface area contributed by atoms with E-state index in [0.29, 0.717) is 11.6 Å². The number of nitrogens with zero attached hydrogens (tertiary/aromatic N) is 4. The van der Waals surface area contributed by atoms with E-state index in [1.165, 1.54) is 10.8 Å². The second-order valence-electron chi connectivity index (χ2n) is 6.65. The molecule has 0 radical (unpaired) electrons. The molecule has 5 aromatic rings.